The van der Waals surface area contributed by atoms with Crippen LogP contribution in [0.4, 0.5) is 10.1 Å². The van der Waals surface area contributed by atoms with Crippen LogP contribution in [-0.2, 0) is 0 Å². The average Bonchev–Trinajstić information content (AvgIpc) is 2.85. The molecule has 18 heavy (non-hydrogen) atoms. The minimum absolute atomic E-state index is 0.167. The fraction of sp³-hybridized carbons (Fsp3) is 0.571. The first kappa shape index (κ1) is 13.1. The van der Waals surface area contributed by atoms with Crippen LogP contribution in [0.1, 0.15) is 13.3 Å². The van der Waals surface area contributed by atoms with Crippen molar-refractivity contribution in [2.75, 3.05) is 38.2 Å². The SMILES string of the molecule is CCNCC1CCN(c2cc(OC)ccc2F)C1. The molecule has 1 saturated heterocycles. The molecular weight excluding hydrogens is 231 g/mol. The summed E-state index contributed by atoms with van der Waals surface area (Å²) in [5.41, 5.74) is 0.661. The van der Waals surface area contributed by atoms with Crippen LogP contribution in [0.2, 0.25) is 0 Å². The van der Waals surface area contributed by atoms with E-state index in [1.54, 1.807) is 19.2 Å². The molecule has 1 aromatic carbocycles. The van der Waals surface area contributed by atoms with Crippen LogP contribution < -0.4 is 15.0 Å². The van der Waals surface area contributed by atoms with Crippen LogP contribution >= 0.6 is 0 Å². The van der Waals surface area contributed by atoms with Crippen LogP contribution in [0.15, 0.2) is 18.2 Å². The van der Waals surface area contributed by atoms with Gasteiger partial charge in [-0.1, -0.05) is 6.92 Å². The predicted octanol–water partition coefficient (Wildman–Crippen LogP) is 2.27. The number of methoxy groups -OCH3 is 1. The van der Waals surface area contributed by atoms with Gasteiger partial charge in [-0.3, -0.25) is 0 Å². The largest absolute Gasteiger partial charge is 0.497 e. The molecule has 1 aliphatic rings. The van der Waals surface area contributed by atoms with Crippen molar-refractivity contribution < 1.29 is 9.13 Å². The molecule has 1 heterocycles. The van der Waals surface area contributed by atoms with Gasteiger partial charge < -0.3 is 15.0 Å². The van der Waals surface area contributed by atoms with Crippen molar-refractivity contribution in [3.8, 4) is 5.75 Å². The Kier molecular flexibility index (Phi) is 4.42. The third-order valence-corrected chi connectivity index (χ3v) is 3.46. The molecule has 1 aromatic rings. The number of hydrogen-bond donors (Lipinski definition) is 1. The highest BCUT2D eigenvalue weighted by atomic mass is 19.1. The minimum atomic E-state index is -0.167. The van der Waals surface area contributed by atoms with Crippen LogP contribution in [0.5, 0.6) is 5.75 Å². The molecule has 1 unspecified atom stereocenters. The number of hydrogen-bond acceptors (Lipinski definition) is 3. The zero-order valence-corrected chi connectivity index (χ0v) is 11.1. The Morgan fingerprint density at radius 2 is 2.33 bits per heavy atom. The first-order valence-electron chi connectivity index (χ1n) is 6.53. The molecule has 1 aliphatic heterocycles. The summed E-state index contributed by atoms with van der Waals surface area (Å²) in [7, 11) is 1.61. The van der Waals surface area contributed by atoms with Gasteiger partial charge in [0.15, 0.2) is 0 Å². The molecule has 1 fully saturated rings. The summed E-state index contributed by atoms with van der Waals surface area (Å²) in [4.78, 5) is 2.11. The first-order valence-corrected chi connectivity index (χ1v) is 6.53. The zero-order valence-electron chi connectivity index (χ0n) is 11.1. The molecule has 0 radical (unpaired) electrons. The Bertz CT molecular complexity index is 397. The van der Waals surface area contributed by atoms with Crippen molar-refractivity contribution in [1.82, 2.24) is 5.32 Å². The third-order valence-electron chi connectivity index (χ3n) is 3.46. The molecule has 2 rings (SSSR count). The Balaban J connectivity index is 2.04. The van der Waals surface area contributed by atoms with Crippen LogP contribution in [0, 0.1) is 11.7 Å². The maximum Gasteiger partial charge on any atom is 0.146 e. The number of benzene rings is 1. The Morgan fingerprint density at radius 1 is 1.50 bits per heavy atom. The van der Waals surface area contributed by atoms with E-state index in [1.807, 2.05) is 0 Å². The molecule has 1 atom stereocenters. The van der Waals surface area contributed by atoms with E-state index in [0.717, 1.165) is 32.6 Å². The van der Waals surface area contributed by atoms with Crippen molar-refractivity contribution in [1.29, 1.82) is 0 Å². The summed E-state index contributed by atoms with van der Waals surface area (Å²) in [5, 5.41) is 3.35. The molecule has 0 aliphatic carbocycles. The van der Waals surface area contributed by atoms with Gasteiger partial charge in [0.25, 0.3) is 0 Å². The standard InChI is InChI=1S/C14H21FN2O/c1-3-16-9-11-6-7-17(10-11)14-8-12(18-2)4-5-13(14)15/h4-5,8,11,16H,3,6-7,9-10H2,1-2H3. The Hall–Kier alpha value is -1.29. The number of rotatable bonds is 5. The normalized spacial score (nSPS) is 19.3. The smallest absolute Gasteiger partial charge is 0.146 e. The molecule has 3 nitrogen and oxygen atoms in total. The summed E-state index contributed by atoms with van der Waals surface area (Å²) in [5.74, 6) is 1.15. The van der Waals surface area contributed by atoms with Crippen molar-refractivity contribution in [2.45, 2.75) is 13.3 Å². The van der Waals surface area contributed by atoms with Crippen LogP contribution in [0.25, 0.3) is 0 Å². The maximum atomic E-state index is 13.8. The van der Waals surface area contributed by atoms with Gasteiger partial charge >= 0.3 is 0 Å². The number of nitrogens with one attached hydrogen (secondary N) is 1. The van der Waals surface area contributed by atoms with E-state index in [1.165, 1.54) is 6.07 Å². The van der Waals surface area contributed by atoms with Crippen molar-refractivity contribution in [2.24, 2.45) is 5.92 Å². The predicted molar refractivity (Wildman–Crippen MR) is 71.8 cm³/mol. The lowest BCUT2D eigenvalue weighted by molar-refractivity contribution is 0.413. The molecule has 0 aromatic heterocycles. The highest BCUT2D eigenvalue weighted by molar-refractivity contribution is 5.52. The monoisotopic (exact) mass is 252 g/mol. The van der Waals surface area contributed by atoms with Gasteiger partial charge in [-0.15, -0.1) is 0 Å². The minimum Gasteiger partial charge on any atom is -0.497 e. The number of anilines is 1. The van der Waals surface area contributed by atoms with E-state index in [2.05, 4.69) is 17.1 Å². The first-order chi connectivity index (χ1) is 8.74. The number of ether oxygens (including phenoxy) is 1. The second-order valence-electron chi connectivity index (χ2n) is 4.73. The van der Waals surface area contributed by atoms with E-state index in [4.69, 9.17) is 4.74 Å². The number of halogens is 1. The quantitative estimate of drug-likeness (QED) is 0.870. The molecule has 4 heteroatoms. The average molecular weight is 252 g/mol. The molecule has 100 valence electrons. The van der Waals surface area contributed by atoms with E-state index < -0.39 is 0 Å². The fourth-order valence-electron chi connectivity index (χ4n) is 2.43. The summed E-state index contributed by atoms with van der Waals surface area (Å²) in [6.07, 6.45) is 1.11. The van der Waals surface area contributed by atoms with Gasteiger partial charge in [0, 0.05) is 19.2 Å². The highest BCUT2D eigenvalue weighted by Crippen LogP contribution is 2.29. The summed E-state index contributed by atoms with van der Waals surface area (Å²) >= 11 is 0. The van der Waals surface area contributed by atoms with E-state index in [-0.39, 0.29) is 5.82 Å². The summed E-state index contributed by atoms with van der Waals surface area (Å²) in [6, 6.07) is 4.92. The van der Waals surface area contributed by atoms with E-state index in [9.17, 15) is 4.39 Å². The van der Waals surface area contributed by atoms with Gasteiger partial charge in [-0.25, -0.2) is 4.39 Å². The molecular formula is C14H21FN2O. The topological polar surface area (TPSA) is 24.5 Å². The van der Waals surface area contributed by atoms with Gasteiger partial charge in [0.1, 0.15) is 11.6 Å². The zero-order chi connectivity index (χ0) is 13.0. The third kappa shape index (κ3) is 2.93. The summed E-state index contributed by atoms with van der Waals surface area (Å²) in [6.45, 7) is 5.94. The molecule has 0 spiro atoms. The second kappa shape index (κ2) is 6.05. The number of nitrogens with zero attached hydrogens (tertiary/aromatic N) is 1. The summed E-state index contributed by atoms with van der Waals surface area (Å²) < 4.78 is 19.0. The van der Waals surface area contributed by atoms with Crippen molar-refractivity contribution >= 4 is 5.69 Å². The fourth-order valence-corrected chi connectivity index (χ4v) is 2.43. The Morgan fingerprint density at radius 3 is 3.06 bits per heavy atom. The lowest BCUT2D eigenvalue weighted by Crippen LogP contribution is -2.26. The van der Waals surface area contributed by atoms with Gasteiger partial charge in [-0.2, -0.15) is 0 Å². The van der Waals surface area contributed by atoms with E-state index >= 15 is 0 Å². The second-order valence-corrected chi connectivity index (χ2v) is 4.73. The molecule has 0 amide bonds. The maximum absolute atomic E-state index is 13.8. The van der Waals surface area contributed by atoms with Crippen molar-refractivity contribution in [3.63, 3.8) is 0 Å². The van der Waals surface area contributed by atoms with Crippen molar-refractivity contribution in [3.05, 3.63) is 24.0 Å². The van der Waals surface area contributed by atoms with Gasteiger partial charge in [-0.05, 0) is 37.6 Å². The van der Waals surface area contributed by atoms with Gasteiger partial charge in [0.2, 0.25) is 0 Å². The van der Waals surface area contributed by atoms with Crippen LogP contribution in [0.3, 0.4) is 0 Å². The van der Waals surface area contributed by atoms with Crippen LogP contribution in [-0.4, -0.2) is 33.3 Å². The Labute approximate surface area is 108 Å². The van der Waals surface area contributed by atoms with E-state index in [0.29, 0.717) is 17.4 Å². The highest BCUT2D eigenvalue weighted by Gasteiger charge is 2.24. The molecule has 0 bridgehead atoms. The van der Waals surface area contributed by atoms with Gasteiger partial charge in [0.05, 0.1) is 12.8 Å². The lowest BCUT2D eigenvalue weighted by atomic mass is 10.1. The molecule has 1 N–H and O–H groups in total. The molecule has 0 saturated carbocycles. The lowest BCUT2D eigenvalue weighted by Gasteiger charge is -2.20.